The molecule has 0 aliphatic rings. The average molecular weight is 349 g/mol. The Morgan fingerprint density at radius 2 is 2.10 bits per heavy atom. The number of amides is 1. The molecule has 0 saturated heterocycles. The number of carbonyl (C=O) groups is 1. The van der Waals surface area contributed by atoms with Crippen LogP contribution in [-0.2, 0) is 0 Å². The lowest BCUT2D eigenvalue weighted by Gasteiger charge is -2.08. The molecule has 1 aromatic carbocycles. The second kappa shape index (κ2) is 7.26. The number of nitrogens with one attached hydrogen (secondary N) is 1. The van der Waals surface area contributed by atoms with Gasteiger partial charge in [-0.15, -0.1) is 6.58 Å². The van der Waals surface area contributed by atoms with Crippen LogP contribution in [0.25, 0.3) is 0 Å². The molecule has 3 nitrogen and oxygen atoms in total. The number of halogens is 1. The highest BCUT2D eigenvalue weighted by atomic mass is 79.9. The van der Waals surface area contributed by atoms with Crippen LogP contribution in [0.1, 0.15) is 10.4 Å². The van der Waals surface area contributed by atoms with Crippen LogP contribution in [0.4, 0.5) is 0 Å². The molecule has 1 aromatic heterocycles. The van der Waals surface area contributed by atoms with Crippen LogP contribution in [0.5, 0.6) is 0 Å². The van der Waals surface area contributed by atoms with E-state index in [0.29, 0.717) is 17.1 Å². The normalized spacial score (nSPS) is 10.1. The maximum Gasteiger partial charge on any atom is 0.254 e. The molecule has 1 amide bonds. The third-order valence-electron chi connectivity index (χ3n) is 2.45. The topological polar surface area (TPSA) is 42.0 Å². The van der Waals surface area contributed by atoms with E-state index in [1.54, 1.807) is 24.4 Å². The molecule has 2 rings (SSSR count). The minimum Gasteiger partial charge on any atom is -0.348 e. The van der Waals surface area contributed by atoms with Crippen molar-refractivity contribution in [2.45, 2.75) is 9.92 Å². The van der Waals surface area contributed by atoms with Crippen molar-refractivity contribution >= 4 is 33.6 Å². The summed E-state index contributed by atoms with van der Waals surface area (Å²) >= 11 is 4.86. The summed E-state index contributed by atoms with van der Waals surface area (Å²) in [6, 6.07) is 11.4. The van der Waals surface area contributed by atoms with Crippen LogP contribution in [0.2, 0.25) is 0 Å². The molecule has 5 heteroatoms. The molecular formula is C15H13BrN2OS. The molecule has 0 atom stereocenters. The highest BCUT2D eigenvalue weighted by Crippen LogP contribution is 2.29. The van der Waals surface area contributed by atoms with E-state index in [1.165, 1.54) is 11.8 Å². The van der Waals surface area contributed by atoms with Gasteiger partial charge in [-0.2, -0.15) is 0 Å². The van der Waals surface area contributed by atoms with E-state index in [2.05, 4.69) is 32.8 Å². The van der Waals surface area contributed by atoms with Crippen molar-refractivity contribution in [1.82, 2.24) is 10.3 Å². The second-order valence-corrected chi connectivity index (χ2v) is 5.89. The van der Waals surface area contributed by atoms with Crippen LogP contribution in [-0.4, -0.2) is 17.4 Å². The summed E-state index contributed by atoms with van der Waals surface area (Å²) in [6.07, 6.45) is 3.33. The van der Waals surface area contributed by atoms with Gasteiger partial charge in [0.2, 0.25) is 0 Å². The lowest BCUT2D eigenvalue weighted by molar-refractivity contribution is 0.0954. The van der Waals surface area contributed by atoms with E-state index in [1.807, 2.05) is 24.3 Å². The molecule has 102 valence electrons. The molecule has 0 spiro atoms. The number of carbonyl (C=O) groups excluding carboxylic acids is 1. The number of nitrogens with zero attached hydrogens (tertiary/aromatic N) is 1. The summed E-state index contributed by atoms with van der Waals surface area (Å²) in [5.74, 6) is -0.141. The number of hydrogen-bond acceptors (Lipinski definition) is 3. The summed E-state index contributed by atoms with van der Waals surface area (Å²) in [4.78, 5) is 17.4. The van der Waals surface area contributed by atoms with Crippen molar-refractivity contribution in [2.24, 2.45) is 0 Å². The van der Waals surface area contributed by atoms with Gasteiger partial charge in [-0.3, -0.25) is 4.79 Å². The zero-order valence-electron chi connectivity index (χ0n) is 10.7. The van der Waals surface area contributed by atoms with Crippen LogP contribution in [0, 0.1) is 0 Å². The van der Waals surface area contributed by atoms with Gasteiger partial charge in [0.1, 0.15) is 5.03 Å². The first-order valence-electron chi connectivity index (χ1n) is 5.98. The fraction of sp³-hybridized carbons (Fsp3) is 0.0667. The lowest BCUT2D eigenvalue weighted by Crippen LogP contribution is -2.24. The monoisotopic (exact) mass is 348 g/mol. The molecule has 0 saturated carbocycles. The van der Waals surface area contributed by atoms with Crippen LogP contribution in [0.3, 0.4) is 0 Å². The summed E-state index contributed by atoms with van der Waals surface area (Å²) in [5.41, 5.74) is 0.572. The number of benzene rings is 1. The van der Waals surface area contributed by atoms with Crippen molar-refractivity contribution < 1.29 is 4.79 Å². The van der Waals surface area contributed by atoms with Gasteiger partial charge in [-0.25, -0.2) is 4.98 Å². The van der Waals surface area contributed by atoms with E-state index in [0.717, 1.165) is 9.37 Å². The Bertz CT molecular complexity index is 614. The Morgan fingerprint density at radius 1 is 1.35 bits per heavy atom. The number of aromatic nitrogens is 1. The molecule has 20 heavy (non-hydrogen) atoms. The van der Waals surface area contributed by atoms with Gasteiger partial charge in [-0.1, -0.05) is 33.8 Å². The Morgan fingerprint density at radius 3 is 2.80 bits per heavy atom. The van der Waals surface area contributed by atoms with E-state index >= 15 is 0 Å². The molecule has 2 aromatic rings. The minimum atomic E-state index is -0.141. The lowest BCUT2D eigenvalue weighted by atomic mass is 10.2. The summed E-state index contributed by atoms with van der Waals surface area (Å²) in [7, 11) is 0. The Balaban J connectivity index is 2.21. The second-order valence-electron chi connectivity index (χ2n) is 3.91. The maximum absolute atomic E-state index is 12.0. The smallest absolute Gasteiger partial charge is 0.254 e. The molecule has 0 unspecified atom stereocenters. The van der Waals surface area contributed by atoms with Gasteiger partial charge >= 0.3 is 0 Å². The quantitative estimate of drug-likeness (QED) is 0.833. The van der Waals surface area contributed by atoms with E-state index in [-0.39, 0.29) is 5.91 Å². The zero-order chi connectivity index (χ0) is 14.4. The van der Waals surface area contributed by atoms with Crippen molar-refractivity contribution in [3.05, 3.63) is 65.3 Å². The largest absolute Gasteiger partial charge is 0.348 e. The molecular weight excluding hydrogens is 336 g/mol. The van der Waals surface area contributed by atoms with Gasteiger partial charge in [0.25, 0.3) is 5.91 Å². The van der Waals surface area contributed by atoms with E-state index in [4.69, 9.17) is 0 Å². The SMILES string of the molecule is C=CCNC(=O)c1cccnc1Sc1ccc(Br)cc1. The zero-order valence-corrected chi connectivity index (χ0v) is 13.1. The van der Waals surface area contributed by atoms with Gasteiger partial charge < -0.3 is 5.32 Å². The number of rotatable bonds is 5. The molecule has 1 N–H and O–H groups in total. The third-order valence-corrected chi connectivity index (χ3v) is 4.01. The summed E-state index contributed by atoms with van der Waals surface area (Å²) < 4.78 is 1.02. The Labute approximate surface area is 130 Å². The highest BCUT2D eigenvalue weighted by molar-refractivity contribution is 9.10. The predicted octanol–water partition coefficient (Wildman–Crippen LogP) is 3.91. The van der Waals surface area contributed by atoms with Gasteiger partial charge in [0, 0.05) is 22.1 Å². The van der Waals surface area contributed by atoms with E-state index in [9.17, 15) is 4.79 Å². The van der Waals surface area contributed by atoms with Gasteiger partial charge in [-0.05, 0) is 36.4 Å². The van der Waals surface area contributed by atoms with E-state index < -0.39 is 0 Å². The predicted molar refractivity (Wildman–Crippen MR) is 85.0 cm³/mol. The average Bonchev–Trinajstić information content (AvgIpc) is 2.48. The minimum absolute atomic E-state index is 0.141. The van der Waals surface area contributed by atoms with Crippen LogP contribution in [0.15, 0.2) is 69.6 Å². The Kier molecular flexibility index (Phi) is 5.38. The fourth-order valence-electron chi connectivity index (χ4n) is 1.52. The van der Waals surface area contributed by atoms with Crippen molar-refractivity contribution in [1.29, 1.82) is 0 Å². The molecule has 0 aliphatic carbocycles. The first kappa shape index (κ1) is 14.8. The summed E-state index contributed by atoms with van der Waals surface area (Å²) in [5, 5.41) is 3.46. The molecule has 0 fully saturated rings. The third kappa shape index (κ3) is 3.95. The van der Waals surface area contributed by atoms with Crippen molar-refractivity contribution in [3.8, 4) is 0 Å². The first-order chi connectivity index (χ1) is 9.70. The highest BCUT2D eigenvalue weighted by Gasteiger charge is 2.12. The number of pyridine rings is 1. The maximum atomic E-state index is 12.0. The molecule has 0 bridgehead atoms. The Hall–Kier alpha value is -1.59. The standard InChI is InChI=1S/C15H13BrN2OS/c1-2-9-17-14(19)13-4-3-10-18-15(13)20-12-7-5-11(16)6-8-12/h2-8,10H,1,9H2,(H,17,19). The summed E-state index contributed by atoms with van der Waals surface area (Å²) in [6.45, 7) is 4.03. The van der Waals surface area contributed by atoms with Crippen molar-refractivity contribution in [3.63, 3.8) is 0 Å². The fourth-order valence-corrected chi connectivity index (χ4v) is 2.66. The molecule has 0 aliphatic heterocycles. The van der Waals surface area contributed by atoms with Gasteiger partial charge in [0.15, 0.2) is 0 Å². The molecule has 1 heterocycles. The molecule has 0 radical (unpaired) electrons. The number of hydrogen-bond donors (Lipinski definition) is 1. The van der Waals surface area contributed by atoms with Crippen LogP contribution < -0.4 is 5.32 Å². The van der Waals surface area contributed by atoms with Crippen molar-refractivity contribution in [2.75, 3.05) is 6.54 Å². The van der Waals surface area contributed by atoms with Gasteiger partial charge in [0.05, 0.1) is 5.56 Å². The first-order valence-corrected chi connectivity index (χ1v) is 7.59. The van der Waals surface area contributed by atoms with Crippen LogP contribution >= 0.6 is 27.7 Å².